The van der Waals surface area contributed by atoms with Gasteiger partial charge in [-0.1, -0.05) is 13.8 Å². The Balaban J connectivity index is 2.59. The number of alkyl halides is 2. The second-order valence-electron chi connectivity index (χ2n) is 3.13. The molecule has 0 aliphatic carbocycles. The molecule has 1 heterocycles. The third kappa shape index (κ3) is 1.29. The van der Waals surface area contributed by atoms with E-state index in [2.05, 4.69) is 4.74 Å². The average molecular weight is 150 g/mol. The van der Waals surface area contributed by atoms with Gasteiger partial charge in [-0.05, 0) is 5.92 Å². The van der Waals surface area contributed by atoms with Gasteiger partial charge in [0.25, 0.3) is 5.92 Å². The lowest BCUT2D eigenvalue weighted by Gasteiger charge is -2.19. The normalized spacial score (nSPS) is 31.5. The first kappa shape index (κ1) is 7.92. The summed E-state index contributed by atoms with van der Waals surface area (Å²) >= 11 is 0. The van der Waals surface area contributed by atoms with Crippen molar-refractivity contribution in [3.8, 4) is 0 Å². The van der Waals surface area contributed by atoms with Crippen molar-refractivity contribution in [3.05, 3.63) is 0 Å². The molecule has 1 saturated heterocycles. The summed E-state index contributed by atoms with van der Waals surface area (Å²) in [6.07, 6.45) is 0. The Hall–Kier alpha value is -0.180. The van der Waals surface area contributed by atoms with E-state index in [4.69, 9.17) is 0 Å². The Morgan fingerprint density at radius 3 is 2.30 bits per heavy atom. The number of ether oxygens (including phenoxy) is 1. The van der Waals surface area contributed by atoms with Crippen LogP contribution < -0.4 is 0 Å². The Kier molecular flexibility index (Phi) is 1.95. The first-order valence-electron chi connectivity index (χ1n) is 3.49. The molecule has 1 rings (SSSR count). The minimum Gasteiger partial charge on any atom is -0.375 e. The minimum atomic E-state index is -2.59. The highest BCUT2D eigenvalue weighted by Gasteiger charge is 2.46. The van der Waals surface area contributed by atoms with E-state index in [9.17, 15) is 8.78 Å². The van der Waals surface area contributed by atoms with Gasteiger partial charge in [0, 0.05) is 0 Å². The molecule has 0 N–H and O–H groups in total. The van der Waals surface area contributed by atoms with E-state index < -0.39 is 18.4 Å². The predicted molar refractivity (Wildman–Crippen MR) is 34.1 cm³/mol. The fourth-order valence-corrected chi connectivity index (χ4v) is 1.23. The molecule has 60 valence electrons. The van der Waals surface area contributed by atoms with Crippen LogP contribution in [0.3, 0.4) is 0 Å². The van der Waals surface area contributed by atoms with Crippen molar-refractivity contribution < 1.29 is 13.5 Å². The van der Waals surface area contributed by atoms with E-state index in [1.165, 1.54) is 0 Å². The number of rotatable bonds is 1. The lowest BCUT2D eigenvalue weighted by atomic mass is 9.92. The Morgan fingerprint density at radius 1 is 1.50 bits per heavy atom. The molecule has 0 spiro atoms. The standard InChI is InChI=1S/C7H12F2O/c1-5(2)6-3-10-4-7(6,8)9/h5-6H,3-4H2,1-2H3. The van der Waals surface area contributed by atoms with Crippen LogP contribution in [0.4, 0.5) is 8.78 Å². The van der Waals surface area contributed by atoms with E-state index in [-0.39, 0.29) is 12.5 Å². The third-order valence-corrected chi connectivity index (χ3v) is 1.94. The summed E-state index contributed by atoms with van der Waals surface area (Å²) in [5, 5.41) is 0. The zero-order valence-electron chi connectivity index (χ0n) is 6.23. The molecule has 0 amide bonds. The first-order chi connectivity index (χ1) is 4.54. The van der Waals surface area contributed by atoms with Crippen LogP contribution in [0.1, 0.15) is 13.8 Å². The van der Waals surface area contributed by atoms with Gasteiger partial charge in [0.1, 0.15) is 6.61 Å². The van der Waals surface area contributed by atoms with Crippen molar-refractivity contribution in [1.82, 2.24) is 0 Å². The number of hydrogen-bond acceptors (Lipinski definition) is 1. The van der Waals surface area contributed by atoms with Crippen molar-refractivity contribution in [1.29, 1.82) is 0 Å². The van der Waals surface area contributed by atoms with Crippen LogP contribution in [-0.4, -0.2) is 19.1 Å². The summed E-state index contributed by atoms with van der Waals surface area (Å²) in [4.78, 5) is 0. The van der Waals surface area contributed by atoms with Gasteiger partial charge < -0.3 is 4.74 Å². The van der Waals surface area contributed by atoms with Crippen molar-refractivity contribution in [2.75, 3.05) is 13.2 Å². The van der Waals surface area contributed by atoms with Crippen molar-refractivity contribution in [3.63, 3.8) is 0 Å². The summed E-state index contributed by atoms with van der Waals surface area (Å²) in [6, 6.07) is 0. The van der Waals surface area contributed by atoms with Crippen molar-refractivity contribution in [2.24, 2.45) is 11.8 Å². The molecular formula is C7H12F2O. The zero-order valence-corrected chi connectivity index (χ0v) is 6.23. The van der Waals surface area contributed by atoms with E-state index in [1.807, 2.05) is 0 Å². The highest BCUT2D eigenvalue weighted by molar-refractivity contribution is 4.83. The van der Waals surface area contributed by atoms with E-state index >= 15 is 0 Å². The van der Waals surface area contributed by atoms with Crippen LogP contribution in [0.15, 0.2) is 0 Å². The molecular weight excluding hydrogens is 138 g/mol. The number of halogens is 2. The molecule has 0 aromatic heterocycles. The van der Waals surface area contributed by atoms with Crippen LogP contribution in [0.5, 0.6) is 0 Å². The molecule has 1 nitrogen and oxygen atoms in total. The summed E-state index contributed by atoms with van der Waals surface area (Å²) in [7, 11) is 0. The fourth-order valence-electron chi connectivity index (χ4n) is 1.23. The second-order valence-corrected chi connectivity index (χ2v) is 3.13. The Labute approximate surface area is 59.4 Å². The van der Waals surface area contributed by atoms with E-state index in [1.54, 1.807) is 13.8 Å². The van der Waals surface area contributed by atoms with Crippen LogP contribution in [0.25, 0.3) is 0 Å². The topological polar surface area (TPSA) is 9.23 Å². The van der Waals surface area contributed by atoms with Gasteiger partial charge >= 0.3 is 0 Å². The van der Waals surface area contributed by atoms with Gasteiger partial charge in [0.05, 0.1) is 12.5 Å². The lowest BCUT2D eigenvalue weighted by molar-refractivity contribution is -0.0483. The van der Waals surface area contributed by atoms with Crippen molar-refractivity contribution in [2.45, 2.75) is 19.8 Å². The van der Waals surface area contributed by atoms with Crippen molar-refractivity contribution >= 4 is 0 Å². The molecule has 0 saturated carbocycles. The smallest absolute Gasteiger partial charge is 0.276 e. The molecule has 1 fully saturated rings. The molecule has 0 aromatic rings. The monoisotopic (exact) mass is 150 g/mol. The van der Waals surface area contributed by atoms with Gasteiger partial charge in [-0.2, -0.15) is 0 Å². The summed E-state index contributed by atoms with van der Waals surface area (Å²) in [5.74, 6) is -3.15. The molecule has 10 heavy (non-hydrogen) atoms. The average Bonchev–Trinajstić information content (AvgIpc) is 2.08. The largest absolute Gasteiger partial charge is 0.375 e. The predicted octanol–water partition coefficient (Wildman–Crippen LogP) is 1.92. The molecule has 1 atom stereocenters. The molecule has 1 aliphatic rings. The van der Waals surface area contributed by atoms with E-state index in [0.717, 1.165) is 0 Å². The molecule has 0 radical (unpaired) electrons. The van der Waals surface area contributed by atoms with Gasteiger partial charge in [-0.25, -0.2) is 8.78 Å². The lowest BCUT2D eigenvalue weighted by Crippen LogP contribution is -2.30. The summed E-state index contributed by atoms with van der Waals surface area (Å²) < 4.78 is 30.2. The Morgan fingerprint density at radius 2 is 2.10 bits per heavy atom. The minimum absolute atomic E-state index is 0.0116. The van der Waals surface area contributed by atoms with Crippen LogP contribution in [0.2, 0.25) is 0 Å². The van der Waals surface area contributed by atoms with Crippen LogP contribution in [-0.2, 0) is 4.74 Å². The number of hydrogen-bond donors (Lipinski definition) is 0. The molecule has 1 aliphatic heterocycles. The second kappa shape index (κ2) is 2.46. The molecule has 1 unspecified atom stereocenters. The SMILES string of the molecule is CC(C)C1COCC1(F)F. The van der Waals surface area contributed by atoms with E-state index in [0.29, 0.717) is 0 Å². The maximum atomic E-state index is 12.7. The molecule has 0 bridgehead atoms. The Bertz CT molecular complexity index is 123. The maximum Gasteiger partial charge on any atom is 0.276 e. The van der Waals surface area contributed by atoms with Gasteiger partial charge in [-0.15, -0.1) is 0 Å². The van der Waals surface area contributed by atoms with Gasteiger partial charge in [0.2, 0.25) is 0 Å². The summed E-state index contributed by atoms with van der Waals surface area (Å²) in [5.41, 5.74) is 0. The van der Waals surface area contributed by atoms with Crippen LogP contribution in [0, 0.1) is 11.8 Å². The maximum absolute atomic E-state index is 12.7. The quantitative estimate of drug-likeness (QED) is 0.555. The van der Waals surface area contributed by atoms with Gasteiger partial charge in [0.15, 0.2) is 0 Å². The first-order valence-corrected chi connectivity index (χ1v) is 3.49. The highest BCUT2D eigenvalue weighted by Crippen LogP contribution is 2.35. The fraction of sp³-hybridized carbons (Fsp3) is 1.00. The highest BCUT2D eigenvalue weighted by atomic mass is 19.3. The third-order valence-electron chi connectivity index (χ3n) is 1.94. The summed E-state index contributed by atoms with van der Waals surface area (Å²) in [6.45, 7) is 3.42. The zero-order chi connectivity index (χ0) is 7.78. The van der Waals surface area contributed by atoms with Crippen LogP contribution >= 0.6 is 0 Å². The molecule has 3 heteroatoms. The molecule has 0 aromatic carbocycles. The van der Waals surface area contributed by atoms with Gasteiger partial charge in [-0.3, -0.25) is 0 Å².